The summed E-state index contributed by atoms with van der Waals surface area (Å²) in [6, 6.07) is 5.39. The van der Waals surface area contributed by atoms with Crippen LogP contribution in [0.2, 0.25) is 5.02 Å². The van der Waals surface area contributed by atoms with Crippen LogP contribution in [0, 0.1) is 9.49 Å². The molecule has 98 valence electrons. The molecule has 2 nitrogen and oxygen atoms in total. The van der Waals surface area contributed by atoms with Crippen molar-refractivity contribution in [1.29, 1.82) is 0 Å². The summed E-state index contributed by atoms with van der Waals surface area (Å²) in [6.07, 6.45) is 2.01. The van der Waals surface area contributed by atoms with Crippen molar-refractivity contribution in [2.75, 3.05) is 13.6 Å². The summed E-state index contributed by atoms with van der Waals surface area (Å²) in [5, 5.41) is 0.890. The normalized spacial score (nSPS) is 22.4. The van der Waals surface area contributed by atoms with Crippen LogP contribution in [0.4, 0.5) is 0 Å². The molecular weight excluding hydrogens is 384 g/mol. The minimum Gasteiger partial charge on any atom is -0.341 e. The Morgan fingerprint density at radius 1 is 1.50 bits per heavy atom. The fraction of sp³-hybridized carbons (Fsp3) is 0.462. The van der Waals surface area contributed by atoms with E-state index in [9.17, 15) is 4.79 Å². The van der Waals surface area contributed by atoms with Crippen molar-refractivity contribution in [2.24, 2.45) is 5.92 Å². The van der Waals surface area contributed by atoms with Crippen LogP contribution in [-0.4, -0.2) is 29.8 Å². The minimum absolute atomic E-state index is 0.0277. The SMILES string of the molecule is CN(CC1CC(Cl)C1)C(=O)c1cc(Cl)ccc1I. The quantitative estimate of drug-likeness (QED) is 0.556. The van der Waals surface area contributed by atoms with Crippen LogP contribution in [0.5, 0.6) is 0 Å². The lowest BCUT2D eigenvalue weighted by Gasteiger charge is -2.34. The summed E-state index contributed by atoms with van der Waals surface area (Å²) in [4.78, 5) is 14.1. The van der Waals surface area contributed by atoms with Gasteiger partial charge >= 0.3 is 0 Å². The molecule has 0 radical (unpaired) electrons. The standard InChI is InChI=1S/C13H14Cl2INO/c1-17(7-8-4-10(15)5-8)13(18)11-6-9(14)2-3-12(11)16/h2-3,6,8,10H,4-5,7H2,1H3. The summed E-state index contributed by atoms with van der Waals surface area (Å²) in [7, 11) is 1.83. The predicted molar refractivity (Wildman–Crippen MR) is 83.5 cm³/mol. The summed E-state index contributed by atoms with van der Waals surface area (Å²) in [5.74, 6) is 0.568. The molecule has 0 aromatic heterocycles. The predicted octanol–water partition coefficient (Wildman–Crippen LogP) is 4.03. The largest absolute Gasteiger partial charge is 0.341 e. The van der Waals surface area contributed by atoms with Gasteiger partial charge in [0.15, 0.2) is 0 Å². The Bertz CT molecular complexity index is 460. The fourth-order valence-corrected chi connectivity index (χ4v) is 3.38. The lowest BCUT2D eigenvalue weighted by atomic mass is 9.84. The number of carbonyl (C=O) groups is 1. The molecule has 0 unspecified atom stereocenters. The van der Waals surface area contributed by atoms with Crippen LogP contribution in [0.15, 0.2) is 18.2 Å². The van der Waals surface area contributed by atoms with E-state index < -0.39 is 0 Å². The molecule has 1 fully saturated rings. The second-order valence-corrected chi connectivity index (χ2v) is 6.96. The molecule has 0 aliphatic heterocycles. The van der Waals surface area contributed by atoms with Crippen LogP contribution in [0.25, 0.3) is 0 Å². The van der Waals surface area contributed by atoms with Gasteiger partial charge in [0, 0.05) is 27.6 Å². The molecule has 1 aliphatic carbocycles. The van der Waals surface area contributed by atoms with Gasteiger partial charge in [0.2, 0.25) is 0 Å². The summed E-state index contributed by atoms with van der Waals surface area (Å²) in [5.41, 5.74) is 0.673. The van der Waals surface area contributed by atoms with E-state index in [2.05, 4.69) is 22.6 Å². The Kier molecular flexibility index (Phi) is 4.78. The van der Waals surface area contributed by atoms with Gasteiger partial charge in [-0.2, -0.15) is 0 Å². The van der Waals surface area contributed by atoms with Crippen LogP contribution < -0.4 is 0 Å². The number of carbonyl (C=O) groups excluding carboxylic acids is 1. The number of benzene rings is 1. The highest BCUT2D eigenvalue weighted by molar-refractivity contribution is 14.1. The van der Waals surface area contributed by atoms with Gasteiger partial charge in [-0.1, -0.05) is 11.6 Å². The van der Waals surface area contributed by atoms with E-state index in [1.807, 2.05) is 13.1 Å². The Labute approximate surface area is 131 Å². The van der Waals surface area contributed by atoms with E-state index in [0.717, 1.165) is 23.0 Å². The number of hydrogen-bond donors (Lipinski definition) is 0. The van der Waals surface area contributed by atoms with E-state index in [1.165, 1.54) is 0 Å². The summed E-state index contributed by atoms with van der Waals surface area (Å²) in [6.45, 7) is 0.768. The first kappa shape index (κ1) is 14.4. The number of rotatable bonds is 3. The number of hydrogen-bond acceptors (Lipinski definition) is 1. The molecule has 1 saturated carbocycles. The molecule has 0 bridgehead atoms. The summed E-state index contributed by atoms with van der Waals surface area (Å²) >= 11 is 14.0. The molecule has 1 amide bonds. The Balaban J connectivity index is 2.03. The first-order valence-corrected chi connectivity index (χ1v) is 7.71. The van der Waals surface area contributed by atoms with Gasteiger partial charge in [0.05, 0.1) is 5.56 Å². The fourth-order valence-electron chi connectivity index (χ4n) is 2.14. The van der Waals surface area contributed by atoms with Crippen molar-refractivity contribution in [3.8, 4) is 0 Å². The third kappa shape index (κ3) is 3.31. The van der Waals surface area contributed by atoms with Crippen LogP contribution in [0.3, 0.4) is 0 Å². The highest BCUT2D eigenvalue weighted by Gasteiger charge is 2.29. The smallest absolute Gasteiger partial charge is 0.254 e. The average molecular weight is 398 g/mol. The Hall–Kier alpha value is -0.000000000000000111. The molecule has 0 saturated heterocycles. The first-order valence-electron chi connectivity index (χ1n) is 5.82. The molecule has 0 atom stereocenters. The van der Waals surface area contributed by atoms with E-state index in [0.29, 0.717) is 21.9 Å². The third-order valence-corrected chi connectivity index (χ3v) is 4.75. The van der Waals surface area contributed by atoms with Crippen LogP contribution >= 0.6 is 45.8 Å². The number of halogens is 3. The minimum atomic E-state index is 0.0277. The maximum atomic E-state index is 12.3. The number of amides is 1. The van der Waals surface area contributed by atoms with Gasteiger partial charge in [0.1, 0.15) is 0 Å². The summed E-state index contributed by atoms with van der Waals surface area (Å²) < 4.78 is 0.928. The van der Waals surface area contributed by atoms with E-state index in [-0.39, 0.29) is 5.91 Å². The number of nitrogens with zero attached hydrogens (tertiary/aromatic N) is 1. The van der Waals surface area contributed by atoms with E-state index in [1.54, 1.807) is 17.0 Å². The molecule has 1 aliphatic rings. The van der Waals surface area contributed by atoms with Gasteiger partial charge in [0.25, 0.3) is 5.91 Å². The Morgan fingerprint density at radius 2 is 2.17 bits per heavy atom. The monoisotopic (exact) mass is 397 g/mol. The molecule has 0 N–H and O–H groups in total. The Morgan fingerprint density at radius 3 is 2.78 bits per heavy atom. The lowest BCUT2D eigenvalue weighted by molar-refractivity contribution is 0.0746. The van der Waals surface area contributed by atoms with Crippen LogP contribution in [-0.2, 0) is 0 Å². The van der Waals surface area contributed by atoms with Crippen molar-refractivity contribution in [3.63, 3.8) is 0 Å². The zero-order valence-electron chi connectivity index (χ0n) is 10.00. The maximum Gasteiger partial charge on any atom is 0.254 e. The van der Waals surface area contributed by atoms with Gasteiger partial charge in [-0.3, -0.25) is 4.79 Å². The van der Waals surface area contributed by atoms with Crippen molar-refractivity contribution < 1.29 is 4.79 Å². The van der Waals surface area contributed by atoms with Gasteiger partial charge in [-0.25, -0.2) is 0 Å². The molecule has 1 aromatic rings. The van der Waals surface area contributed by atoms with Gasteiger partial charge < -0.3 is 4.90 Å². The molecule has 0 spiro atoms. The second kappa shape index (κ2) is 5.97. The molecule has 1 aromatic carbocycles. The third-order valence-electron chi connectivity index (χ3n) is 3.22. The van der Waals surface area contributed by atoms with Gasteiger partial charge in [-0.15, -0.1) is 11.6 Å². The topological polar surface area (TPSA) is 20.3 Å². The van der Waals surface area contributed by atoms with Crippen molar-refractivity contribution in [2.45, 2.75) is 18.2 Å². The highest BCUT2D eigenvalue weighted by Crippen LogP contribution is 2.32. The molecule has 2 rings (SSSR count). The molecule has 5 heteroatoms. The average Bonchev–Trinajstić information content (AvgIpc) is 2.29. The van der Waals surface area contributed by atoms with Gasteiger partial charge in [-0.05, 0) is 59.5 Å². The zero-order chi connectivity index (χ0) is 13.3. The zero-order valence-corrected chi connectivity index (χ0v) is 13.7. The van der Waals surface area contributed by atoms with Crippen molar-refractivity contribution in [1.82, 2.24) is 4.90 Å². The van der Waals surface area contributed by atoms with E-state index >= 15 is 0 Å². The molecule has 18 heavy (non-hydrogen) atoms. The first-order chi connectivity index (χ1) is 8.47. The van der Waals surface area contributed by atoms with Crippen molar-refractivity contribution in [3.05, 3.63) is 32.4 Å². The number of alkyl halides is 1. The van der Waals surface area contributed by atoms with E-state index in [4.69, 9.17) is 23.2 Å². The van der Waals surface area contributed by atoms with Crippen LogP contribution in [0.1, 0.15) is 23.2 Å². The molecule has 0 heterocycles. The lowest BCUT2D eigenvalue weighted by Crippen LogP contribution is -2.38. The highest BCUT2D eigenvalue weighted by atomic mass is 127. The van der Waals surface area contributed by atoms with Crippen molar-refractivity contribution >= 4 is 51.7 Å². The second-order valence-electron chi connectivity index (χ2n) is 4.74. The maximum absolute atomic E-state index is 12.3. The molecular formula is C13H14Cl2INO.